The molecule has 2 rings (SSSR count). The molecule has 0 fully saturated rings. The van der Waals surface area contributed by atoms with E-state index in [0.29, 0.717) is 18.1 Å². The average Bonchev–Trinajstić information content (AvgIpc) is 2.36. The maximum atomic E-state index is 11.7. The molecule has 1 N–H and O–H groups in total. The Morgan fingerprint density at radius 1 is 1.40 bits per heavy atom. The van der Waals surface area contributed by atoms with E-state index in [2.05, 4.69) is 10.3 Å². The summed E-state index contributed by atoms with van der Waals surface area (Å²) in [6, 6.07) is 0. The summed E-state index contributed by atoms with van der Waals surface area (Å²) in [6.07, 6.45) is 8.57. The molecule has 1 heterocycles. The quantitative estimate of drug-likeness (QED) is 0.858. The molecule has 1 unspecified atom stereocenters. The molecule has 0 aromatic rings. The Bertz CT molecular complexity index is 551. The summed E-state index contributed by atoms with van der Waals surface area (Å²) in [6.45, 7) is 6.01. The van der Waals surface area contributed by atoms with E-state index in [9.17, 15) is 9.59 Å². The van der Waals surface area contributed by atoms with Gasteiger partial charge in [-0.05, 0) is 24.5 Å². The summed E-state index contributed by atoms with van der Waals surface area (Å²) < 4.78 is 0. The lowest BCUT2D eigenvalue weighted by Crippen LogP contribution is -2.33. The number of hydrogen-bond donors (Lipinski definition) is 1. The van der Waals surface area contributed by atoms with Gasteiger partial charge in [0.15, 0.2) is 0 Å². The molecule has 1 aliphatic carbocycles. The fourth-order valence-corrected chi connectivity index (χ4v) is 2.40. The predicted molar refractivity (Wildman–Crippen MR) is 79.1 cm³/mol. The van der Waals surface area contributed by atoms with Crippen molar-refractivity contribution in [2.24, 2.45) is 16.8 Å². The summed E-state index contributed by atoms with van der Waals surface area (Å²) in [5.41, 5.74) is 2.51. The molecule has 4 nitrogen and oxygen atoms in total. The number of hydrogen-bond acceptors (Lipinski definition) is 2. The van der Waals surface area contributed by atoms with E-state index in [1.165, 1.54) is 0 Å². The Morgan fingerprint density at radius 3 is 2.80 bits per heavy atom. The Kier molecular flexibility index (Phi) is 4.32. The highest BCUT2D eigenvalue weighted by molar-refractivity contribution is 6.11. The molecule has 2 amide bonds. The van der Waals surface area contributed by atoms with Gasteiger partial charge < -0.3 is 5.32 Å². The number of aliphatic imine (C=N–C) groups is 1. The van der Waals surface area contributed by atoms with Gasteiger partial charge >= 0.3 is 0 Å². The molecule has 0 saturated heterocycles. The molecular weight excluding hydrogens is 252 g/mol. The van der Waals surface area contributed by atoms with Crippen LogP contribution in [-0.4, -0.2) is 17.5 Å². The van der Waals surface area contributed by atoms with Crippen LogP contribution in [0.25, 0.3) is 0 Å². The van der Waals surface area contributed by atoms with Crippen LogP contribution < -0.4 is 5.32 Å². The summed E-state index contributed by atoms with van der Waals surface area (Å²) >= 11 is 0. The lowest BCUT2D eigenvalue weighted by Gasteiger charge is -2.26. The van der Waals surface area contributed by atoms with Crippen LogP contribution in [0.4, 0.5) is 0 Å². The van der Waals surface area contributed by atoms with Crippen LogP contribution in [0, 0.1) is 11.8 Å². The number of nitrogens with zero attached hydrogens (tertiary/aromatic N) is 1. The van der Waals surface area contributed by atoms with Gasteiger partial charge in [-0.2, -0.15) is 0 Å². The molecule has 0 spiro atoms. The second kappa shape index (κ2) is 5.99. The number of rotatable bonds is 3. The van der Waals surface area contributed by atoms with Crippen molar-refractivity contribution in [1.82, 2.24) is 5.32 Å². The van der Waals surface area contributed by atoms with Crippen LogP contribution in [0.5, 0.6) is 0 Å². The van der Waals surface area contributed by atoms with Gasteiger partial charge in [-0.3, -0.25) is 9.59 Å². The molecule has 0 aromatic heterocycles. The van der Waals surface area contributed by atoms with Crippen LogP contribution >= 0.6 is 0 Å². The molecule has 2 aliphatic rings. The maximum Gasteiger partial charge on any atom is 0.248 e. The van der Waals surface area contributed by atoms with E-state index < -0.39 is 0 Å². The highest BCUT2D eigenvalue weighted by Crippen LogP contribution is 2.28. The van der Waals surface area contributed by atoms with Crippen molar-refractivity contribution in [2.75, 3.05) is 0 Å². The van der Waals surface area contributed by atoms with E-state index in [0.717, 1.165) is 17.7 Å². The Morgan fingerprint density at radius 2 is 2.15 bits per heavy atom. The van der Waals surface area contributed by atoms with Crippen molar-refractivity contribution in [1.29, 1.82) is 0 Å². The Labute approximate surface area is 119 Å². The third-order valence-corrected chi connectivity index (χ3v) is 3.33. The van der Waals surface area contributed by atoms with E-state index in [1.807, 2.05) is 32.9 Å². The molecular formula is C16H20N2O2. The van der Waals surface area contributed by atoms with Gasteiger partial charge in [0.05, 0.1) is 5.71 Å². The largest absolute Gasteiger partial charge is 0.325 e. The summed E-state index contributed by atoms with van der Waals surface area (Å²) in [7, 11) is 0. The lowest BCUT2D eigenvalue weighted by atomic mass is 9.86. The van der Waals surface area contributed by atoms with Crippen molar-refractivity contribution < 1.29 is 9.59 Å². The molecule has 0 aromatic carbocycles. The van der Waals surface area contributed by atoms with Crippen molar-refractivity contribution in [3.63, 3.8) is 0 Å². The fourth-order valence-electron chi connectivity index (χ4n) is 2.40. The third kappa shape index (κ3) is 3.32. The number of carbonyl (C=O) groups excluding carboxylic acids is 2. The minimum Gasteiger partial charge on any atom is -0.325 e. The van der Waals surface area contributed by atoms with Crippen LogP contribution in [0.15, 0.2) is 40.6 Å². The number of amides is 2. The zero-order valence-electron chi connectivity index (χ0n) is 12.1. The van der Waals surface area contributed by atoms with Crippen LogP contribution in [0.2, 0.25) is 0 Å². The minimum atomic E-state index is -0.122. The van der Waals surface area contributed by atoms with Crippen molar-refractivity contribution in [3.8, 4) is 0 Å². The van der Waals surface area contributed by atoms with Gasteiger partial charge in [0.2, 0.25) is 11.8 Å². The van der Waals surface area contributed by atoms with Crippen LogP contribution in [-0.2, 0) is 9.59 Å². The number of fused-ring (bicyclic) bond motifs is 1. The van der Waals surface area contributed by atoms with Gasteiger partial charge in [0, 0.05) is 24.1 Å². The van der Waals surface area contributed by atoms with Crippen molar-refractivity contribution in [2.45, 2.75) is 33.6 Å². The second-order valence-corrected chi connectivity index (χ2v) is 5.53. The zero-order chi connectivity index (χ0) is 14.7. The van der Waals surface area contributed by atoms with E-state index in [4.69, 9.17) is 0 Å². The maximum absolute atomic E-state index is 11.7. The molecule has 1 atom stereocenters. The predicted octanol–water partition coefficient (Wildman–Crippen LogP) is 2.54. The van der Waals surface area contributed by atoms with Gasteiger partial charge in [0.1, 0.15) is 0 Å². The smallest absolute Gasteiger partial charge is 0.248 e. The Balaban J connectivity index is 2.20. The van der Waals surface area contributed by atoms with Crippen molar-refractivity contribution in [3.05, 3.63) is 35.6 Å². The first-order valence-corrected chi connectivity index (χ1v) is 7.02. The highest BCUT2D eigenvalue weighted by Gasteiger charge is 2.25. The van der Waals surface area contributed by atoms with Crippen molar-refractivity contribution >= 4 is 17.5 Å². The number of carbonyl (C=O) groups is 2. The SMILES string of the molecule is CCC1=CC(=O)NC2=CC(=NC(=O)CC(C)C)C=CC12. The lowest BCUT2D eigenvalue weighted by molar-refractivity contribution is -0.118. The normalized spacial score (nSPS) is 23.3. The summed E-state index contributed by atoms with van der Waals surface area (Å²) in [5.74, 6) is 0.177. The van der Waals surface area contributed by atoms with E-state index >= 15 is 0 Å². The molecule has 106 valence electrons. The van der Waals surface area contributed by atoms with Crippen LogP contribution in [0.1, 0.15) is 33.6 Å². The average molecular weight is 272 g/mol. The highest BCUT2D eigenvalue weighted by atomic mass is 16.2. The van der Waals surface area contributed by atoms with E-state index in [1.54, 1.807) is 12.2 Å². The molecule has 0 saturated carbocycles. The molecule has 4 heteroatoms. The molecule has 0 radical (unpaired) electrons. The van der Waals surface area contributed by atoms with Gasteiger partial charge in [-0.15, -0.1) is 0 Å². The zero-order valence-corrected chi connectivity index (χ0v) is 12.1. The van der Waals surface area contributed by atoms with Gasteiger partial charge in [-0.25, -0.2) is 4.99 Å². The number of allylic oxidation sites excluding steroid dienone is 3. The summed E-state index contributed by atoms with van der Waals surface area (Å²) in [5, 5.41) is 2.83. The van der Waals surface area contributed by atoms with Crippen LogP contribution in [0.3, 0.4) is 0 Å². The molecule has 1 aliphatic heterocycles. The molecule has 0 bridgehead atoms. The Hall–Kier alpha value is -1.97. The fraction of sp³-hybridized carbons (Fsp3) is 0.438. The minimum absolute atomic E-state index is 0.104. The standard InChI is InChI=1S/C16H20N2O2/c1-4-11-8-16(20)18-14-9-12(5-6-13(11)14)17-15(19)7-10(2)3/h5-6,8-10,13H,4,7H2,1-3H3,(H,18,20). The first-order chi connectivity index (χ1) is 9.49. The monoisotopic (exact) mass is 272 g/mol. The molecule has 20 heavy (non-hydrogen) atoms. The first kappa shape index (κ1) is 14.4. The van der Waals surface area contributed by atoms with Gasteiger partial charge in [-0.1, -0.05) is 32.4 Å². The third-order valence-electron chi connectivity index (χ3n) is 3.33. The first-order valence-electron chi connectivity index (χ1n) is 7.02. The summed E-state index contributed by atoms with van der Waals surface area (Å²) in [4.78, 5) is 27.4. The number of nitrogens with one attached hydrogen (secondary N) is 1. The van der Waals surface area contributed by atoms with E-state index in [-0.39, 0.29) is 17.7 Å². The topological polar surface area (TPSA) is 58.5 Å². The van der Waals surface area contributed by atoms with Gasteiger partial charge in [0.25, 0.3) is 0 Å². The second-order valence-electron chi connectivity index (χ2n) is 5.53.